The monoisotopic (exact) mass is 269 g/mol. The Morgan fingerprint density at radius 3 is 2.25 bits per heavy atom. The summed E-state index contributed by atoms with van der Waals surface area (Å²) in [5.41, 5.74) is 10.4. The van der Waals surface area contributed by atoms with Crippen molar-refractivity contribution in [1.82, 2.24) is 0 Å². The second-order valence-corrected chi connectivity index (χ2v) is 5.78. The second kappa shape index (κ2) is 5.37. The Bertz CT molecular complexity index is 599. The Labute approximate surface area is 119 Å². The van der Waals surface area contributed by atoms with E-state index in [9.17, 15) is 4.39 Å². The fourth-order valence-electron chi connectivity index (χ4n) is 2.77. The molecule has 2 aromatic carbocycles. The summed E-state index contributed by atoms with van der Waals surface area (Å²) in [5.74, 6) is 0.564. The van der Waals surface area contributed by atoms with Crippen LogP contribution in [0.5, 0.6) is 0 Å². The zero-order chi connectivity index (χ0) is 14.1. The average molecular weight is 269 g/mol. The molecule has 1 nitrogen and oxygen atoms in total. The van der Waals surface area contributed by atoms with E-state index in [1.165, 1.54) is 30.9 Å². The van der Waals surface area contributed by atoms with Gasteiger partial charge >= 0.3 is 0 Å². The van der Waals surface area contributed by atoms with Crippen molar-refractivity contribution in [1.29, 1.82) is 0 Å². The van der Waals surface area contributed by atoms with Gasteiger partial charge in [0.25, 0.3) is 0 Å². The van der Waals surface area contributed by atoms with E-state index in [2.05, 4.69) is 24.3 Å². The summed E-state index contributed by atoms with van der Waals surface area (Å²) in [7, 11) is 0. The molecule has 20 heavy (non-hydrogen) atoms. The van der Waals surface area contributed by atoms with E-state index < -0.39 is 0 Å². The molecular formula is C18H20FN. The predicted octanol–water partition coefficient (Wildman–Crippen LogP) is 4.45. The van der Waals surface area contributed by atoms with Crippen molar-refractivity contribution in [2.24, 2.45) is 5.73 Å². The maximum absolute atomic E-state index is 13.3. The highest BCUT2D eigenvalue weighted by atomic mass is 19.1. The van der Waals surface area contributed by atoms with Crippen LogP contribution in [0, 0.1) is 12.7 Å². The number of rotatable bonds is 3. The maximum atomic E-state index is 13.3. The van der Waals surface area contributed by atoms with Gasteiger partial charge in [0.1, 0.15) is 5.82 Å². The van der Waals surface area contributed by atoms with Crippen molar-refractivity contribution in [2.75, 3.05) is 0 Å². The summed E-state index contributed by atoms with van der Waals surface area (Å²) >= 11 is 0. The Kier molecular flexibility index (Phi) is 3.58. The fourth-order valence-corrected chi connectivity index (χ4v) is 2.77. The SMILES string of the molecule is Cc1cc(C(N)c2ccc(C3CCC3)cc2)ccc1F. The minimum atomic E-state index is -0.190. The van der Waals surface area contributed by atoms with Crippen LogP contribution < -0.4 is 5.73 Å². The summed E-state index contributed by atoms with van der Waals surface area (Å²) in [5, 5.41) is 0. The van der Waals surface area contributed by atoms with E-state index in [4.69, 9.17) is 5.73 Å². The zero-order valence-electron chi connectivity index (χ0n) is 11.8. The first-order valence-electron chi connectivity index (χ1n) is 7.26. The summed E-state index contributed by atoms with van der Waals surface area (Å²) in [6, 6.07) is 13.5. The van der Waals surface area contributed by atoms with E-state index in [0.717, 1.165) is 17.0 Å². The van der Waals surface area contributed by atoms with Crippen LogP contribution in [-0.4, -0.2) is 0 Å². The molecule has 1 aliphatic rings. The van der Waals surface area contributed by atoms with Gasteiger partial charge in [0, 0.05) is 0 Å². The van der Waals surface area contributed by atoms with Crippen molar-refractivity contribution in [3.05, 3.63) is 70.5 Å². The lowest BCUT2D eigenvalue weighted by Gasteiger charge is -2.26. The van der Waals surface area contributed by atoms with E-state index in [0.29, 0.717) is 5.56 Å². The van der Waals surface area contributed by atoms with Crippen molar-refractivity contribution in [3.8, 4) is 0 Å². The first kappa shape index (κ1) is 13.3. The Hall–Kier alpha value is -1.67. The summed E-state index contributed by atoms with van der Waals surface area (Å²) in [6.07, 6.45) is 3.96. The van der Waals surface area contributed by atoms with Crippen molar-refractivity contribution >= 4 is 0 Å². The molecule has 0 spiro atoms. The molecule has 3 rings (SSSR count). The number of nitrogens with two attached hydrogens (primary N) is 1. The molecule has 1 unspecified atom stereocenters. The van der Waals surface area contributed by atoms with Gasteiger partial charge in [-0.25, -0.2) is 4.39 Å². The van der Waals surface area contributed by atoms with E-state index >= 15 is 0 Å². The molecule has 0 bridgehead atoms. The smallest absolute Gasteiger partial charge is 0.126 e. The van der Waals surface area contributed by atoms with E-state index in [1.54, 1.807) is 13.0 Å². The first-order valence-corrected chi connectivity index (χ1v) is 7.26. The van der Waals surface area contributed by atoms with Crippen LogP contribution in [0.25, 0.3) is 0 Å². The van der Waals surface area contributed by atoms with E-state index in [-0.39, 0.29) is 11.9 Å². The Morgan fingerprint density at radius 1 is 1.05 bits per heavy atom. The standard InChI is InChI=1S/C18H20FN/c1-12-11-16(9-10-17(12)19)18(20)15-7-5-14(6-8-15)13-3-2-4-13/h5-11,13,18H,2-4,20H2,1H3. The van der Waals surface area contributed by atoms with Gasteiger partial charge in [0.15, 0.2) is 0 Å². The highest BCUT2D eigenvalue weighted by molar-refractivity contribution is 5.36. The number of hydrogen-bond acceptors (Lipinski definition) is 1. The topological polar surface area (TPSA) is 26.0 Å². The van der Waals surface area contributed by atoms with Gasteiger partial charge in [0.2, 0.25) is 0 Å². The molecule has 0 saturated heterocycles. The largest absolute Gasteiger partial charge is 0.320 e. The van der Waals surface area contributed by atoms with Crippen molar-refractivity contribution in [2.45, 2.75) is 38.1 Å². The Balaban J connectivity index is 1.82. The third-order valence-corrected chi connectivity index (χ3v) is 4.41. The van der Waals surface area contributed by atoms with Crippen LogP contribution in [0.4, 0.5) is 4.39 Å². The van der Waals surface area contributed by atoms with Gasteiger partial charge in [-0.05, 0) is 54.0 Å². The maximum Gasteiger partial charge on any atom is 0.126 e. The number of hydrogen-bond donors (Lipinski definition) is 1. The molecule has 0 heterocycles. The molecule has 0 amide bonds. The Morgan fingerprint density at radius 2 is 1.70 bits per heavy atom. The molecule has 1 saturated carbocycles. The second-order valence-electron chi connectivity index (χ2n) is 5.78. The number of aryl methyl sites for hydroxylation is 1. The van der Waals surface area contributed by atoms with Crippen molar-refractivity contribution < 1.29 is 4.39 Å². The first-order chi connectivity index (χ1) is 9.65. The lowest BCUT2D eigenvalue weighted by atomic mass is 9.79. The van der Waals surface area contributed by atoms with Gasteiger partial charge in [-0.3, -0.25) is 0 Å². The van der Waals surface area contributed by atoms with Gasteiger partial charge in [0.05, 0.1) is 6.04 Å². The van der Waals surface area contributed by atoms with Crippen LogP contribution in [0.15, 0.2) is 42.5 Å². The molecule has 0 aromatic heterocycles. The van der Waals surface area contributed by atoms with Crippen molar-refractivity contribution in [3.63, 3.8) is 0 Å². The van der Waals surface area contributed by atoms with Crippen LogP contribution in [0.1, 0.15) is 53.5 Å². The van der Waals surface area contributed by atoms with Crippen LogP contribution in [-0.2, 0) is 0 Å². The molecule has 1 atom stereocenters. The predicted molar refractivity (Wildman–Crippen MR) is 80.2 cm³/mol. The third kappa shape index (κ3) is 2.48. The van der Waals surface area contributed by atoms with Gasteiger partial charge in [-0.2, -0.15) is 0 Å². The lowest BCUT2D eigenvalue weighted by Crippen LogP contribution is -2.13. The molecule has 2 aromatic rings. The molecule has 2 N–H and O–H groups in total. The third-order valence-electron chi connectivity index (χ3n) is 4.41. The molecular weight excluding hydrogens is 249 g/mol. The minimum absolute atomic E-state index is 0.179. The molecule has 2 heteroatoms. The van der Waals surface area contributed by atoms with Crippen LogP contribution in [0.3, 0.4) is 0 Å². The van der Waals surface area contributed by atoms with Gasteiger partial charge in [-0.1, -0.05) is 42.8 Å². The van der Waals surface area contributed by atoms with Gasteiger partial charge in [-0.15, -0.1) is 0 Å². The molecule has 1 aliphatic carbocycles. The van der Waals surface area contributed by atoms with E-state index in [1.807, 2.05) is 6.07 Å². The molecule has 1 fully saturated rings. The minimum Gasteiger partial charge on any atom is -0.320 e. The lowest BCUT2D eigenvalue weighted by molar-refractivity contribution is 0.419. The fraction of sp³-hybridized carbons (Fsp3) is 0.333. The number of halogens is 1. The normalized spacial score (nSPS) is 16.8. The summed E-state index contributed by atoms with van der Waals surface area (Å²) in [6.45, 7) is 1.77. The molecule has 104 valence electrons. The summed E-state index contributed by atoms with van der Waals surface area (Å²) in [4.78, 5) is 0. The number of benzene rings is 2. The quantitative estimate of drug-likeness (QED) is 0.875. The molecule has 0 aliphatic heterocycles. The van der Waals surface area contributed by atoms with Crippen LogP contribution in [0.2, 0.25) is 0 Å². The molecule has 0 radical (unpaired) electrons. The van der Waals surface area contributed by atoms with Crippen LogP contribution >= 0.6 is 0 Å². The van der Waals surface area contributed by atoms with Gasteiger partial charge < -0.3 is 5.73 Å². The summed E-state index contributed by atoms with van der Waals surface area (Å²) < 4.78 is 13.3. The average Bonchev–Trinajstić information content (AvgIpc) is 2.40. The highest BCUT2D eigenvalue weighted by Crippen LogP contribution is 2.36. The highest BCUT2D eigenvalue weighted by Gasteiger charge is 2.19. The zero-order valence-corrected chi connectivity index (χ0v) is 11.8.